The molecule has 1 aliphatic carbocycles. The highest BCUT2D eigenvalue weighted by molar-refractivity contribution is 5.84. The van der Waals surface area contributed by atoms with Gasteiger partial charge in [-0.3, -0.25) is 4.68 Å². The molecule has 3 rings (SSSR count). The predicted octanol–water partition coefficient (Wildman–Crippen LogP) is 4.57. The minimum Gasteiger partial charge on any atom is -0.494 e. The number of halogens is 3. The number of hydrogen-bond acceptors (Lipinski definition) is 3. The molecule has 0 atom stereocenters. The fourth-order valence-corrected chi connectivity index (χ4v) is 3.28. The summed E-state index contributed by atoms with van der Waals surface area (Å²) in [6.45, 7) is 6.12. The molecule has 0 spiro atoms. The SMILES string of the molecule is CC(C)CCOc1cc(C(F)(F)F)c2c(cnn2[C@H]2C[C@@](C)(O)C2)c1. The van der Waals surface area contributed by atoms with Crippen LogP contribution < -0.4 is 4.74 Å². The number of fused-ring (bicyclic) bond motifs is 1. The van der Waals surface area contributed by atoms with Crippen molar-refractivity contribution >= 4 is 10.9 Å². The van der Waals surface area contributed by atoms with Crippen molar-refractivity contribution in [2.24, 2.45) is 5.92 Å². The summed E-state index contributed by atoms with van der Waals surface area (Å²) in [6, 6.07) is 2.43. The van der Waals surface area contributed by atoms with Crippen LogP contribution in [0.25, 0.3) is 10.9 Å². The Hall–Kier alpha value is -1.76. The molecule has 1 fully saturated rings. The lowest BCUT2D eigenvalue weighted by molar-refractivity contribution is -0.136. The second-order valence-corrected chi connectivity index (χ2v) is 7.59. The number of aromatic nitrogens is 2. The molecule has 1 heterocycles. The van der Waals surface area contributed by atoms with E-state index < -0.39 is 17.3 Å². The van der Waals surface area contributed by atoms with Gasteiger partial charge in [-0.05, 0) is 44.2 Å². The van der Waals surface area contributed by atoms with E-state index >= 15 is 0 Å². The molecule has 1 N–H and O–H groups in total. The van der Waals surface area contributed by atoms with Crippen molar-refractivity contribution in [2.45, 2.75) is 57.9 Å². The smallest absolute Gasteiger partial charge is 0.418 e. The molecule has 0 amide bonds. The lowest BCUT2D eigenvalue weighted by Crippen LogP contribution is -2.42. The average molecular weight is 356 g/mol. The van der Waals surface area contributed by atoms with Gasteiger partial charge in [0.2, 0.25) is 0 Å². The van der Waals surface area contributed by atoms with Gasteiger partial charge in [0, 0.05) is 5.39 Å². The summed E-state index contributed by atoms with van der Waals surface area (Å²) in [4.78, 5) is 0. The van der Waals surface area contributed by atoms with Gasteiger partial charge in [0.25, 0.3) is 0 Å². The Balaban J connectivity index is 1.97. The van der Waals surface area contributed by atoms with E-state index in [0.29, 0.717) is 30.8 Å². The Morgan fingerprint density at radius 1 is 1.36 bits per heavy atom. The number of hydrogen-bond donors (Lipinski definition) is 1. The molecular weight excluding hydrogens is 333 g/mol. The summed E-state index contributed by atoms with van der Waals surface area (Å²) >= 11 is 0. The Labute approximate surface area is 144 Å². The zero-order chi connectivity index (χ0) is 18.4. The molecule has 1 saturated carbocycles. The Morgan fingerprint density at radius 2 is 2.04 bits per heavy atom. The van der Waals surface area contributed by atoms with Crippen LogP contribution in [0.3, 0.4) is 0 Å². The quantitative estimate of drug-likeness (QED) is 0.854. The highest BCUT2D eigenvalue weighted by Crippen LogP contribution is 2.44. The van der Waals surface area contributed by atoms with Gasteiger partial charge in [-0.2, -0.15) is 18.3 Å². The molecule has 25 heavy (non-hydrogen) atoms. The first kappa shape index (κ1) is 18.0. The van der Waals surface area contributed by atoms with Crippen LogP contribution in [0.4, 0.5) is 13.2 Å². The normalized spacial score (nSPS) is 23.9. The van der Waals surface area contributed by atoms with Crippen LogP contribution in [0, 0.1) is 5.92 Å². The lowest BCUT2D eigenvalue weighted by Gasteiger charge is -2.41. The fraction of sp³-hybridized carbons (Fsp3) is 0.611. The Morgan fingerprint density at radius 3 is 2.60 bits per heavy atom. The van der Waals surface area contributed by atoms with Crippen molar-refractivity contribution in [1.82, 2.24) is 9.78 Å². The maximum absolute atomic E-state index is 13.6. The van der Waals surface area contributed by atoms with Crippen molar-refractivity contribution in [3.05, 3.63) is 23.9 Å². The monoisotopic (exact) mass is 356 g/mol. The summed E-state index contributed by atoms with van der Waals surface area (Å²) in [5.41, 5.74) is -1.51. The molecule has 4 nitrogen and oxygen atoms in total. The molecule has 0 saturated heterocycles. The van der Waals surface area contributed by atoms with Crippen molar-refractivity contribution in [3.8, 4) is 5.75 Å². The summed E-state index contributed by atoms with van der Waals surface area (Å²) in [7, 11) is 0. The first-order chi connectivity index (χ1) is 11.6. The van der Waals surface area contributed by atoms with Gasteiger partial charge < -0.3 is 9.84 Å². The standard InChI is InChI=1S/C18H23F3N2O2/c1-11(2)4-5-25-14-6-12-10-22-23(13-8-17(3,24)9-13)16(12)15(7-14)18(19,20)21/h6-7,10-11,13,24H,4-5,8-9H2,1-3H3/t13-,17+. The van der Waals surface area contributed by atoms with E-state index in [1.165, 1.54) is 10.9 Å². The van der Waals surface area contributed by atoms with Crippen LogP contribution in [0.15, 0.2) is 18.3 Å². The van der Waals surface area contributed by atoms with Gasteiger partial charge in [-0.25, -0.2) is 0 Å². The van der Waals surface area contributed by atoms with Crippen LogP contribution in [-0.4, -0.2) is 27.1 Å². The molecular formula is C18H23F3N2O2. The van der Waals surface area contributed by atoms with Crippen LogP contribution in [-0.2, 0) is 6.18 Å². The molecule has 1 aromatic heterocycles. The minimum atomic E-state index is -4.50. The largest absolute Gasteiger partial charge is 0.494 e. The van der Waals surface area contributed by atoms with E-state index in [4.69, 9.17) is 4.74 Å². The lowest BCUT2D eigenvalue weighted by atomic mass is 9.77. The van der Waals surface area contributed by atoms with E-state index in [-0.39, 0.29) is 17.3 Å². The molecule has 7 heteroatoms. The zero-order valence-corrected chi connectivity index (χ0v) is 14.6. The van der Waals surface area contributed by atoms with Gasteiger partial charge in [-0.15, -0.1) is 0 Å². The topological polar surface area (TPSA) is 47.3 Å². The van der Waals surface area contributed by atoms with Crippen molar-refractivity contribution in [2.75, 3.05) is 6.61 Å². The van der Waals surface area contributed by atoms with Crippen LogP contribution in [0.2, 0.25) is 0 Å². The summed E-state index contributed by atoms with van der Waals surface area (Å²) in [6.07, 6.45) is -1.50. The molecule has 0 bridgehead atoms. The van der Waals surface area contributed by atoms with E-state index in [1.54, 1.807) is 13.0 Å². The van der Waals surface area contributed by atoms with Gasteiger partial charge in [0.05, 0.1) is 35.5 Å². The first-order valence-corrected chi connectivity index (χ1v) is 8.50. The van der Waals surface area contributed by atoms with E-state index in [1.807, 2.05) is 13.8 Å². The predicted molar refractivity (Wildman–Crippen MR) is 88.6 cm³/mol. The van der Waals surface area contributed by atoms with Crippen molar-refractivity contribution < 1.29 is 23.0 Å². The third-order valence-corrected chi connectivity index (χ3v) is 4.63. The maximum Gasteiger partial charge on any atom is 0.418 e. The number of nitrogens with zero attached hydrogens (tertiary/aromatic N) is 2. The van der Waals surface area contributed by atoms with Gasteiger partial charge in [-0.1, -0.05) is 13.8 Å². The maximum atomic E-state index is 13.6. The fourth-order valence-electron chi connectivity index (χ4n) is 3.28. The summed E-state index contributed by atoms with van der Waals surface area (Å²) in [5, 5.41) is 14.4. The molecule has 0 radical (unpaired) electrons. The van der Waals surface area contributed by atoms with E-state index in [9.17, 15) is 18.3 Å². The van der Waals surface area contributed by atoms with Crippen molar-refractivity contribution in [1.29, 1.82) is 0 Å². The number of benzene rings is 1. The molecule has 0 unspecified atom stereocenters. The molecule has 1 aromatic carbocycles. The van der Waals surface area contributed by atoms with Crippen molar-refractivity contribution in [3.63, 3.8) is 0 Å². The second kappa shape index (κ2) is 6.20. The van der Waals surface area contributed by atoms with Gasteiger partial charge in [0.15, 0.2) is 0 Å². The van der Waals surface area contributed by atoms with Crippen LogP contribution in [0.5, 0.6) is 5.75 Å². The number of alkyl halides is 3. The number of aliphatic hydroxyl groups is 1. The zero-order valence-electron chi connectivity index (χ0n) is 14.6. The highest BCUT2D eigenvalue weighted by atomic mass is 19.4. The Kier molecular flexibility index (Phi) is 4.47. The first-order valence-electron chi connectivity index (χ1n) is 8.50. The minimum absolute atomic E-state index is 0.0595. The second-order valence-electron chi connectivity index (χ2n) is 7.59. The molecule has 0 aliphatic heterocycles. The third-order valence-electron chi connectivity index (χ3n) is 4.63. The van der Waals surface area contributed by atoms with Crippen LogP contribution in [0.1, 0.15) is 51.6 Å². The van der Waals surface area contributed by atoms with Crippen LogP contribution >= 0.6 is 0 Å². The van der Waals surface area contributed by atoms with Gasteiger partial charge >= 0.3 is 6.18 Å². The van der Waals surface area contributed by atoms with E-state index in [0.717, 1.165) is 12.5 Å². The Bertz CT molecular complexity index is 758. The number of ether oxygens (including phenoxy) is 1. The van der Waals surface area contributed by atoms with E-state index in [2.05, 4.69) is 5.10 Å². The highest BCUT2D eigenvalue weighted by Gasteiger charge is 2.42. The molecule has 138 valence electrons. The number of rotatable bonds is 5. The summed E-state index contributed by atoms with van der Waals surface area (Å²) in [5.74, 6) is 0.626. The third kappa shape index (κ3) is 3.76. The molecule has 2 aromatic rings. The molecule has 1 aliphatic rings. The summed E-state index contributed by atoms with van der Waals surface area (Å²) < 4.78 is 47.7. The van der Waals surface area contributed by atoms with Gasteiger partial charge in [0.1, 0.15) is 5.75 Å². The average Bonchev–Trinajstić information content (AvgIpc) is 2.85.